The molecule has 0 radical (unpaired) electrons. The Balaban J connectivity index is 1.21. The Morgan fingerprint density at radius 2 is 1.84 bits per heavy atom. The molecule has 1 amide bonds. The van der Waals surface area contributed by atoms with Gasteiger partial charge >= 0.3 is 0 Å². The van der Waals surface area contributed by atoms with Gasteiger partial charge < -0.3 is 9.32 Å². The molecular weight excluding hydrogens is 410 g/mol. The molecule has 0 bridgehead atoms. The van der Waals surface area contributed by atoms with Gasteiger partial charge in [0.2, 0.25) is 5.91 Å². The van der Waals surface area contributed by atoms with Gasteiger partial charge in [-0.25, -0.2) is 13.8 Å². The molecule has 0 spiro atoms. The smallest absolute Gasteiger partial charge is 0.223 e. The van der Waals surface area contributed by atoms with Gasteiger partial charge in [-0.3, -0.25) is 4.79 Å². The normalized spacial score (nSPS) is 14.7. The number of piperidine rings is 1. The number of nitrogens with zero attached hydrogens (tertiary/aromatic N) is 2. The third kappa shape index (κ3) is 5.61. The molecule has 1 fully saturated rings. The Morgan fingerprint density at radius 1 is 1.09 bits per heavy atom. The van der Waals surface area contributed by atoms with Crippen LogP contribution in [0.15, 0.2) is 53.1 Å². The largest absolute Gasteiger partial charge is 0.441 e. The van der Waals surface area contributed by atoms with Gasteiger partial charge in [0.05, 0.1) is 11.8 Å². The molecule has 1 aliphatic rings. The topological polar surface area (TPSA) is 46.3 Å². The van der Waals surface area contributed by atoms with Gasteiger partial charge in [-0.1, -0.05) is 29.8 Å². The summed E-state index contributed by atoms with van der Waals surface area (Å²) in [5.74, 6) is 0.0175. The molecule has 0 saturated carbocycles. The second-order valence-corrected chi connectivity index (χ2v) is 8.59. The lowest BCUT2D eigenvalue weighted by atomic mass is 9.90. The number of likely N-dealkylation sites (tertiary alicyclic amines) is 1. The zero-order valence-electron chi connectivity index (χ0n) is 18.3. The molecule has 1 aliphatic heterocycles. The maximum Gasteiger partial charge on any atom is 0.223 e. The van der Waals surface area contributed by atoms with Crippen LogP contribution in [0.3, 0.4) is 0 Å². The highest BCUT2D eigenvalue weighted by atomic mass is 19.1. The first kappa shape index (κ1) is 22.2. The molecule has 0 unspecified atom stereocenters. The van der Waals surface area contributed by atoms with Crippen molar-refractivity contribution >= 4 is 5.91 Å². The summed E-state index contributed by atoms with van der Waals surface area (Å²) in [6, 6.07) is 12.0. The summed E-state index contributed by atoms with van der Waals surface area (Å²) in [5, 5.41) is 0. The van der Waals surface area contributed by atoms with Crippen LogP contribution >= 0.6 is 0 Å². The minimum Gasteiger partial charge on any atom is -0.441 e. The average molecular weight is 439 g/mol. The molecule has 1 saturated heterocycles. The zero-order valence-corrected chi connectivity index (χ0v) is 18.3. The van der Waals surface area contributed by atoms with Crippen molar-refractivity contribution in [3.8, 4) is 11.3 Å². The van der Waals surface area contributed by atoms with Crippen LogP contribution in [0.1, 0.15) is 42.7 Å². The Bertz CT molecular complexity index is 1050. The van der Waals surface area contributed by atoms with Crippen molar-refractivity contribution in [3.05, 3.63) is 77.3 Å². The van der Waals surface area contributed by atoms with Crippen molar-refractivity contribution in [2.45, 2.75) is 45.4 Å². The summed E-state index contributed by atoms with van der Waals surface area (Å²) in [6.07, 6.45) is 6.38. The molecule has 0 N–H and O–H groups in total. The van der Waals surface area contributed by atoms with E-state index in [9.17, 15) is 13.6 Å². The number of amides is 1. The number of aromatic nitrogens is 1. The van der Waals surface area contributed by atoms with E-state index >= 15 is 0 Å². The van der Waals surface area contributed by atoms with Crippen molar-refractivity contribution in [2.24, 2.45) is 5.92 Å². The molecule has 6 heteroatoms. The standard InChI is InChI=1S/C26H28F2N2O2/c1-18-2-4-19(5-3-18)6-7-20-12-14-30(15-13-20)26(31)11-10-25-29-17-24(32-25)22-9-8-21(27)16-23(22)28/h2-5,8-9,16-17,20H,6-7,10-15H2,1H3. The maximum absolute atomic E-state index is 13.9. The summed E-state index contributed by atoms with van der Waals surface area (Å²) < 4.78 is 32.6. The third-order valence-electron chi connectivity index (χ3n) is 6.23. The van der Waals surface area contributed by atoms with E-state index in [1.165, 1.54) is 29.5 Å². The first-order chi connectivity index (χ1) is 15.5. The molecule has 168 valence electrons. The van der Waals surface area contributed by atoms with Crippen molar-refractivity contribution in [2.75, 3.05) is 13.1 Å². The highest BCUT2D eigenvalue weighted by molar-refractivity contribution is 5.76. The van der Waals surface area contributed by atoms with Crippen LogP contribution in [-0.2, 0) is 17.6 Å². The second kappa shape index (κ2) is 10.1. The van der Waals surface area contributed by atoms with Crippen LogP contribution in [0.2, 0.25) is 0 Å². The molecule has 0 aliphatic carbocycles. The van der Waals surface area contributed by atoms with Crippen LogP contribution in [0.4, 0.5) is 8.78 Å². The quantitative estimate of drug-likeness (QED) is 0.473. The van der Waals surface area contributed by atoms with Gasteiger partial charge in [0.25, 0.3) is 0 Å². The molecule has 1 aromatic heterocycles. The van der Waals surface area contributed by atoms with Gasteiger partial charge in [-0.15, -0.1) is 0 Å². The number of oxazole rings is 1. The average Bonchev–Trinajstić information content (AvgIpc) is 3.26. The van der Waals surface area contributed by atoms with Gasteiger partial charge in [0, 0.05) is 32.0 Å². The minimum atomic E-state index is -0.700. The zero-order chi connectivity index (χ0) is 22.5. The predicted octanol–water partition coefficient (Wildman–Crippen LogP) is 5.73. The first-order valence-corrected chi connectivity index (χ1v) is 11.2. The second-order valence-electron chi connectivity index (χ2n) is 8.59. The van der Waals surface area contributed by atoms with Gasteiger partial charge in [0.1, 0.15) is 11.6 Å². The lowest BCUT2D eigenvalue weighted by Crippen LogP contribution is -2.38. The summed E-state index contributed by atoms with van der Waals surface area (Å²) >= 11 is 0. The van der Waals surface area contributed by atoms with E-state index in [-0.39, 0.29) is 17.2 Å². The van der Waals surface area contributed by atoms with E-state index in [0.29, 0.717) is 24.7 Å². The van der Waals surface area contributed by atoms with E-state index in [1.54, 1.807) is 0 Å². The van der Waals surface area contributed by atoms with Crippen molar-refractivity contribution in [1.82, 2.24) is 9.88 Å². The van der Waals surface area contributed by atoms with Crippen LogP contribution in [-0.4, -0.2) is 28.9 Å². The Kier molecular flexibility index (Phi) is 6.98. The lowest BCUT2D eigenvalue weighted by molar-refractivity contribution is -0.132. The molecule has 4 nitrogen and oxygen atoms in total. The molecule has 2 aromatic carbocycles. The predicted molar refractivity (Wildman–Crippen MR) is 119 cm³/mol. The fraction of sp³-hybridized carbons (Fsp3) is 0.385. The fourth-order valence-electron chi connectivity index (χ4n) is 4.21. The number of carbonyl (C=O) groups excluding carboxylic acids is 1. The summed E-state index contributed by atoms with van der Waals surface area (Å²) in [7, 11) is 0. The molecule has 2 heterocycles. The van der Waals surface area contributed by atoms with E-state index in [1.807, 2.05) is 4.90 Å². The fourth-order valence-corrected chi connectivity index (χ4v) is 4.21. The third-order valence-corrected chi connectivity index (χ3v) is 6.23. The van der Waals surface area contributed by atoms with Crippen molar-refractivity contribution in [1.29, 1.82) is 0 Å². The highest BCUT2D eigenvalue weighted by Gasteiger charge is 2.23. The molecule has 4 rings (SSSR count). The summed E-state index contributed by atoms with van der Waals surface area (Å²) in [5.41, 5.74) is 2.81. The number of benzene rings is 2. The summed E-state index contributed by atoms with van der Waals surface area (Å²) in [6.45, 7) is 3.67. The van der Waals surface area contributed by atoms with Crippen LogP contribution < -0.4 is 0 Å². The number of carbonyl (C=O) groups is 1. The van der Waals surface area contributed by atoms with Gasteiger partial charge in [0.15, 0.2) is 11.7 Å². The van der Waals surface area contributed by atoms with E-state index in [2.05, 4.69) is 36.2 Å². The number of hydrogen-bond acceptors (Lipinski definition) is 3. The van der Waals surface area contributed by atoms with E-state index < -0.39 is 11.6 Å². The Hall–Kier alpha value is -3.02. The first-order valence-electron chi connectivity index (χ1n) is 11.2. The minimum absolute atomic E-state index is 0.0923. The van der Waals surface area contributed by atoms with Crippen molar-refractivity contribution in [3.63, 3.8) is 0 Å². The maximum atomic E-state index is 13.9. The Labute approximate surface area is 187 Å². The van der Waals surface area contributed by atoms with Gasteiger partial charge in [-0.2, -0.15) is 0 Å². The SMILES string of the molecule is Cc1ccc(CCC2CCN(C(=O)CCc3ncc(-c4ccc(F)cc4F)o3)CC2)cc1. The van der Waals surface area contributed by atoms with Crippen LogP contribution in [0.5, 0.6) is 0 Å². The van der Waals surface area contributed by atoms with E-state index in [4.69, 9.17) is 4.42 Å². The summed E-state index contributed by atoms with van der Waals surface area (Å²) in [4.78, 5) is 18.7. The van der Waals surface area contributed by atoms with E-state index in [0.717, 1.165) is 44.8 Å². The van der Waals surface area contributed by atoms with Crippen LogP contribution in [0.25, 0.3) is 11.3 Å². The lowest BCUT2D eigenvalue weighted by Gasteiger charge is -2.32. The van der Waals surface area contributed by atoms with Crippen molar-refractivity contribution < 1.29 is 18.0 Å². The number of aryl methyl sites for hydroxylation is 3. The molecule has 0 atom stereocenters. The molecule has 3 aromatic rings. The number of halogens is 2. The highest BCUT2D eigenvalue weighted by Crippen LogP contribution is 2.26. The van der Waals surface area contributed by atoms with Gasteiger partial charge in [-0.05, 0) is 56.2 Å². The number of rotatable bonds is 7. The number of hydrogen-bond donors (Lipinski definition) is 0. The molecular formula is C26H28F2N2O2. The Morgan fingerprint density at radius 3 is 2.56 bits per heavy atom. The van der Waals surface area contributed by atoms with Crippen LogP contribution in [0, 0.1) is 24.5 Å². The monoisotopic (exact) mass is 438 g/mol. The molecule has 32 heavy (non-hydrogen) atoms.